The molecule has 0 aliphatic heterocycles. The Morgan fingerprint density at radius 2 is 1.52 bits per heavy atom. The number of ether oxygens (including phenoxy) is 1. The van der Waals surface area contributed by atoms with Crippen molar-refractivity contribution in [2.24, 2.45) is 0 Å². The molecule has 0 aromatic heterocycles. The normalized spacial score (nSPS) is 12.3. The molecule has 0 unspecified atom stereocenters. The van der Waals surface area contributed by atoms with E-state index in [2.05, 4.69) is 29.6 Å². The topological polar surface area (TPSA) is 38.3 Å². The maximum absolute atomic E-state index is 12.5. The molecular formula is C23H20Cl3NO2. The first-order chi connectivity index (χ1) is 13.7. The Kier molecular flexibility index (Phi) is 6.74. The van der Waals surface area contributed by atoms with Crippen molar-refractivity contribution in [3.63, 3.8) is 0 Å². The van der Waals surface area contributed by atoms with Gasteiger partial charge in [-0.1, -0.05) is 101 Å². The summed E-state index contributed by atoms with van der Waals surface area (Å²) in [4.78, 5) is 12.5. The van der Waals surface area contributed by atoms with Gasteiger partial charge in [0.05, 0.1) is 0 Å². The van der Waals surface area contributed by atoms with Crippen LogP contribution in [-0.2, 0) is 0 Å². The minimum absolute atomic E-state index is 0.439. The van der Waals surface area contributed by atoms with Crippen molar-refractivity contribution in [2.75, 3.05) is 0 Å². The zero-order valence-corrected chi connectivity index (χ0v) is 18.2. The number of amides is 1. The number of hydrogen-bond donors (Lipinski definition) is 1. The lowest BCUT2D eigenvalue weighted by atomic mass is 10.0. The number of aryl methyl sites for hydroxylation is 2. The van der Waals surface area contributed by atoms with Gasteiger partial charge in [0, 0.05) is 0 Å². The lowest BCUT2D eigenvalue weighted by Gasteiger charge is -2.25. The zero-order valence-electron chi connectivity index (χ0n) is 16.0. The first kappa shape index (κ1) is 21.5. The molecule has 0 fully saturated rings. The Morgan fingerprint density at radius 3 is 2.10 bits per heavy atom. The molecule has 1 atom stereocenters. The summed E-state index contributed by atoms with van der Waals surface area (Å²) in [7, 11) is 0. The summed E-state index contributed by atoms with van der Waals surface area (Å²) < 4.78 is 3.74. The van der Waals surface area contributed by atoms with E-state index in [1.54, 1.807) is 30.3 Å². The number of halogens is 3. The van der Waals surface area contributed by atoms with Gasteiger partial charge in [-0.25, -0.2) is 4.79 Å². The van der Waals surface area contributed by atoms with Crippen LogP contribution in [0, 0.1) is 13.8 Å². The van der Waals surface area contributed by atoms with Gasteiger partial charge in [-0.2, -0.15) is 0 Å². The van der Waals surface area contributed by atoms with Crippen LogP contribution in [0.3, 0.4) is 0 Å². The molecule has 0 radical (unpaired) electrons. The quantitative estimate of drug-likeness (QED) is 0.430. The van der Waals surface area contributed by atoms with Crippen LogP contribution in [0.5, 0.6) is 5.75 Å². The molecule has 3 rings (SSSR count). The lowest BCUT2D eigenvalue weighted by Crippen LogP contribution is -2.38. The fraction of sp³-hybridized carbons (Fsp3) is 0.174. The third kappa shape index (κ3) is 5.66. The summed E-state index contributed by atoms with van der Waals surface area (Å²) in [5.74, 6) is 0.439. The van der Waals surface area contributed by atoms with Crippen molar-refractivity contribution in [1.29, 1.82) is 0 Å². The monoisotopic (exact) mass is 447 g/mol. The molecule has 150 valence electrons. The number of nitrogens with one attached hydrogen (secondary N) is 1. The summed E-state index contributed by atoms with van der Waals surface area (Å²) in [5.41, 5.74) is 4.82. The molecule has 3 nitrogen and oxygen atoms in total. The van der Waals surface area contributed by atoms with Crippen LogP contribution in [0.1, 0.15) is 22.7 Å². The number of benzene rings is 3. The summed E-state index contributed by atoms with van der Waals surface area (Å²) >= 11 is 18.2. The van der Waals surface area contributed by atoms with Gasteiger partial charge in [-0.3, -0.25) is 0 Å². The van der Waals surface area contributed by atoms with Crippen LogP contribution < -0.4 is 10.1 Å². The van der Waals surface area contributed by atoms with Crippen LogP contribution in [-0.4, -0.2) is 9.89 Å². The fourth-order valence-corrected chi connectivity index (χ4v) is 3.48. The largest absolute Gasteiger partial charge is 0.413 e. The fourth-order valence-electron chi connectivity index (χ4n) is 2.94. The molecule has 0 aliphatic rings. The van der Waals surface area contributed by atoms with E-state index in [1.165, 1.54) is 5.56 Å². The van der Waals surface area contributed by atoms with E-state index in [1.807, 2.05) is 32.0 Å². The number of carbonyl (C=O) groups excluding carboxylic acids is 1. The predicted molar refractivity (Wildman–Crippen MR) is 120 cm³/mol. The van der Waals surface area contributed by atoms with Crippen molar-refractivity contribution < 1.29 is 9.53 Å². The highest BCUT2D eigenvalue weighted by atomic mass is 35.6. The zero-order chi connectivity index (χ0) is 21.0. The average molecular weight is 449 g/mol. The Hall–Kier alpha value is -2.20. The minimum atomic E-state index is -1.73. The third-order valence-corrected chi connectivity index (χ3v) is 5.14. The maximum Gasteiger partial charge on any atom is 0.413 e. The van der Waals surface area contributed by atoms with E-state index in [0.29, 0.717) is 11.3 Å². The average Bonchev–Trinajstić information content (AvgIpc) is 2.68. The summed E-state index contributed by atoms with van der Waals surface area (Å²) in [6.45, 7) is 3.93. The third-order valence-electron chi connectivity index (χ3n) is 4.48. The molecule has 3 aromatic carbocycles. The van der Waals surface area contributed by atoms with E-state index in [9.17, 15) is 4.79 Å². The maximum atomic E-state index is 12.5. The molecule has 1 N–H and O–H groups in total. The predicted octanol–water partition coefficient (Wildman–Crippen LogP) is 7.17. The molecule has 0 aliphatic carbocycles. The van der Waals surface area contributed by atoms with Gasteiger partial charge in [-0.05, 0) is 48.2 Å². The highest BCUT2D eigenvalue weighted by Crippen LogP contribution is 2.39. The van der Waals surface area contributed by atoms with Crippen LogP contribution in [0.4, 0.5) is 4.79 Å². The minimum Gasteiger partial charge on any atom is -0.410 e. The van der Waals surface area contributed by atoms with Crippen molar-refractivity contribution in [2.45, 2.75) is 23.7 Å². The van der Waals surface area contributed by atoms with Crippen LogP contribution in [0.25, 0.3) is 11.1 Å². The molecule has 0 spiro atoms. The lowest BCUT2D eigenvalue weighted by molar-refractivity contribution is 0.196. The Labute approximate surface area is 185 Å². The van der Waals surface area contributed by atoms with E-state index >= 15 is 0 Å². The van der Waals surface area contributed by atoms with Crippen molar-refractivity contribution in [3.8, 4) is 16.9 Å². The summed E-state index contributed by atoms with van der Waals surface area (Å²) in [5, 5.41) is 2.64. The molecule has 0 heterocycles. The molecule has 29 heavy (non-hydrogen) atoms. The second-order valence-electron chi connectivity index (χ2n) is 6.77. The van der Waals surface area contributed by atoms with Gasteiger partial charge >= 0.3 is 6.09 Å². The number of carbonyl (C=O) groups is 1. The smallest absolute Gasteiger partial charge is 0.410 e. The Bertz CT molecular complexity index is 983. The first-order valence-electron chi connectivity index (χ1n) is 9.02. The highest BCUT2D eigenvalue weighted by molar-refractivity contribution is 6.68. The molecule has 0 bridgehead atoms. The molecule has 1 amide bonds. The molecule has 6 heteroatoms. The van der Waals surface area contributed by atoms with Gasteiger partial charge < -0.3 is 10.1 Å². The summed E-state index contributed by atoms with van der Waals surface area (Å²) in [6, 6.07) is 22.0. The van der Waals surface area contributed by atoms with Crippen molar-refractivity contribution in [1.82, 2.24) is 5.32 Å². The van der Waals surface area contributed by atoms with Gasteiger partial charge in [0.25, 0.3) is 0 Å². The molecule has 0 saturated carbocycles. The van der Waals surface area contributed by atoms with Crippen molar-refractivity contribution in [3.05, 3.63) is 89.5 Å². The second kappa shape index (κ2) is 9.08. The number of hydrogen-bond acceptors (Lipinski definition) is 2. The second-order valence-corrected chi connectivity index (χ2v) is 9.13. The molecular weight excluding hydrogens is 429 g/mol. The first-order valence-corrected chi connectivity index (χ1v) is 10.1. The van der Waals surface area contributed by atoms with Gasteiger partial charge in [0.2, 0.25) is 3.79 Å². The number of rotatable bonds is 4. The Morgan fingerprint density at radius 1 is 0.897 bits per heavy atom. The van der Waals surface area contributed by atoms with Gasteiger partial charge in [0.15, 0.2) is 0 Å². The molecule has 0 saturated heterocycles. The highest BCUT2D eigenvalue weighted by Gasteiger charge is 2.35. The number of alkyl halides is 3. The van der Waals surface area contributed by atoms with Gasteiger partial charge in [-0.15, -0.1) is 0 Å². The van der Waals surface area contributed by atoms with Crippen LogP contribution in [0.2, 0.25) is 0 Å². The SMILES string of the molecule is Cc1ccc(-c2ccc(OC(=O)N[C@H](c3ccccc3)C(Cl)(Cl)Cl)c(C)c2)cc1. The van der Waals surface area contributed by atoms with E-state index in [4.69, 9.17) is 39.5 Å². The molecule has 3 aromatic rings. The van der Waals surface area contributed by atoms with Crippen LogP contribution in [0.15, 0.2) is 72.8 Å². The van der Waals surface area contributed by atoms with E-state index in [-0.39, 0.29) is 0 Å². The van der Waals surface area contributed by atoms with Crippen LogP contribution >= 0.6 is 34.8 Å². The standard InChI is InChI=1S/C23H20Cl3NO2/c1-15-8-10-17(11-9-15)19-12-13-20(16(2)14-19)29-22(28)27-21(23(24,25)26)18-6-4-3-5-7-18/h3-14,21H,1-2H3,(H,27,28)/t21-/m1/s1. The van der Waals surface area contributed by atoms with Crippen molar-refractivity contribution >= 4 is 40.9 Å². The van der Waals surface area contributed by atoms with E-state index < -0.39 is 15.9 Å². The summed E-state index contributed by atoms with van der Waals surface area (Å²) in [6.07, 6.45) is -0.698. The Balaban J connectivity index is 1.75. The van der Waals surface area contributed by atoms with E-state index in [0.717, 1.165) is 16.7 Å². The van der Waals surface area contributed by atoms with Gasteiger partial charge in [0.1, 0.15) is 11.8 Å².